The van der Waals surface area contributed by atoms with Crippen molar-refractivity contribution in [1.29, 1.82) is 0 Å². The van der Waals surface area contributed by atoms with Crippen LogP contribution in [0.25, 0.3) is 0 Å². The third-order valence-electron chi connectivity index (χ3n) is 4.24. The van der Waals surface area contributed by atoms with Gasteiger partial charge < -0.3 is 14.6 Å². The van der Waals surface area contributed by atoms with E-state index in [1.165, 1.54) is 0 Å². The molecular weight excluding hydrogens is 328 g/mol. The van der Waals surface area contributed by atoms with Crippen LogP contribution in [0, 0.1) is 0 Å². The molecule has 1 N–H and O–H groups in total. The van der Waals surface area contributed by atoms with Crippen LogP contribution in [-0.2, 0) is 12.1 Å². The molecule has 1 fully saturated rings. The molecule has 0 aromatic heterocycles. The second kappa shape index (κ2) is 7.37. The minimum Gasteiger partial charge on any atom is -0.490 e. The standard InChI is InChI=1S/C19H21F2NO3/c1-2-24-16-10-6-7-14(17(16)25-18(20)21)11-22-12-19(23,13-22)15-8-4-3-5-9-15/h3-10,18,23H,2,11-13H2,1H3. The number of rotatable bonds is 7. The molecule has 0 atom stereocenters. The molecule has 1 heterocycles. The number of halogens is 2. The molecule has 1 aliphatic rings. The Morgan fingerprint density at radius 2 is 1.84 bits per heavy atom. The second-order valence-electron chi connectivity index (χ2n) is 6.10. The van der Waals surface area contributed by atoms with E-state index in [-0.39, 0.29) is 5.75 Å². The molecule has 1 saturated heterocycles. The Hall–Kier alpha value is -2.18. The predicted octanol–water partition coefficient (Wildman–Crippen LogP) is 3.39. The molecule has 2 aromatic rings. The summed E-state index contributed by atoms with van der Waals surface area (Å²) in [6, 6.07) is 14.5. The van der Waals surface area contributed by atoms with Crippen LogP contribution in [0.3, 0.4) is 0 Å². The molecule has 2 aromatic carbocycles. The van der Waals surface area contributed by atoms with E-state index < -0.39 is 12.2 Å². The van der Waals surface area contributed by atoms with Gasteiger partial charge in [0.05, 0.1) is 6.61 Å². The minimum absolute atomic E-state index is 0.0644. The summed E-state index contributed by atoms with van der Waals surface area (Å²) in [5.74, 6) is 0.369. The maximum Gasteiger partial charge on any atom is 0.387 e. The average molecular weight is 349 g/mol. The van der Waals surface area contributed by atoms with Gasteiger partial charge in [-0.2, -0.15) is 8.78 Å². The number of β-amino-alcohol motifs (C(OH)–C–C–N with tert-alkyl or cyclic N) is 1. The number of likely N-dealkylation sites (tertiary alicyclic amines) is 1. The van der Waals surface area contributed by atoms with E-state index in [1.807, 2.05) is 35.2 Å². The van der Waals surface area contributed by atoms with Gasteiger partial charge in [-0.25, -0.2) is 0 Å². The highest BCUT2D eigenvalue weighted by atomic mass is 19.3. The number of aliphatic hydroxyl groups is 1. The third kappa shape index (κ3) is 3.91. The molecule has 0 aliphatic carbocycles. The summed E-state index contributed by atoms with van der Waals surface area (Å²) in [6.45, 7) is 0.499. The van der Waals surface area contributed by atoms with Crippen molar-refractivity contribution in [3.63, 3.8) is 0 Å². The lowest BCUT2D eigenvalue weighted by Gasteiger charge is -2.47. The fourth-order valence-corrected chi connectivity index (χ4v) is 3.15. The lowest BCUT2D eigenvalue weighted by molar-refractivity contribution is -0.108. The highest BCUT2D eigenvalue weighted by Crippen LogP contribution is 2.37. The molecule has 0 amide bonds. The molecule has 0 spiro atoms. The second-order valence-corrected chi connectivity index (χ2v) is 6.10. The molecule has 0 radical (unpaired) electrons. The fraction of sp³-hybridized carbons (Fsp3) is 0.368. The van der Waals surface area contributed by atoms with Gasteiger partial charge in [-0.1, -0.05) is 42.5 Å². The van der Waals surface area contributed by atoms with Gasteiger partial charge in [0.1, 0.15) is 5.60 Å². The monoisotopic (exact) mass is 349 g/mol. The van der Waals surface area contributed by atoms with E-state index in [0.29, 0.717) is 37.6 Å². The van der Waals surface area contributed by atoms with Gasteiger partial charge >= 0.3 is 6.61 Å². The van der Waals surface area contributed by atoms with Crippen molar-refractivity contribution in [2.24, 2.45) is 0 Å². The summed E-state index contributed by atoms with van der Waals surface area (Å²) in [4.78, 5) is 1.98. The smallest absolute Gasteiger partial charge is 0.387 e. The molecule has 25 heavy (non-hydrogen) atoms. The highest BCUT2D eigenvalue weighted by molar-refractivity contribution is 5.47. The first-order valence-corrected chi connectivity index (χ1v) is 8.21. The quantitative estimate of drug-likeness (QED) is 0.832. The van der Waals surface area contributed by atoms with Gasteiger partial charge in [0.15, 0.2) is 11.5 Å². The van der Waals surface area contributed by atoms with Crippen molar-refractivity contribution in [3.05, 3.63) is 59.7 Å². The van der Waals surface area contributed by atoms with E-state index in [1.54, 1.807) is 25.1 Å². The first-order valence-electron chi connectivity index (χ1n) is 8.21. The van der Waals surface area contributed by atoms with Crippen molar-refractivity contribution < 1.29 is 23.4 Å². The van der Waals surface area contributed by atoms with Crippen LogP contribution in [0.1, 0.15) is 18.1 Å². The molecule has 6 heteroatoms. The molecule has 3 rings (SSSR count). The molecule has 0 saturated carbocycles. The maximum atomic E-state index is 12.8. The molecule has 0 bridgehead atoms. The number of benzene rings is 2. The van der Waals surface area contributed by atoms with E-state index >= 15 is 0 Å². The number of ether oxygens (including phenoxy) is 2. The number of alkyl halides is 2. The minimum atomic E-state index is -2.92. The van der Waals surface area contributed by atoms with Crippen LogP contribution in [0.4, 0.5) is 8.78 Å². The van der Waals surface area contributed by atoms with Gasteiger partial charge in [0, 0.05) is 25.2 Å². The Labute approximate surface area is 145 Å². The van der Waals surface area contributed by atoms with Gasteiger partial charge in [-0.05, 0) is 18.6 Å². The van der Waals surface area contributed by atoms with Gasteiger partial charge in [-0.15, -0.1) is 0 Å². The first-order chi connectivity index (χ1) is 12.0. The normalized spacial score (nSPS) is 16.5. The fourth-order valence-electron chi connectivity index (χ4n) is 3.15. The lowest BCUT2D eigenvalue weighted by atomic mass is 9.86. The SMILES string of the molecule is CCOc1cccc(CN2CC(O)(c3ccccc3)C2)c1OC(F)F. The zero-order valence-corrected chi connectivity index (χ0v) is 14.0. The Balaban J connectivity index is 1.73. The van der Waals surface area contributed by atoms with Crippen molar-refractivity contribution in [2.75, 3.05) is 19.7 Å². The van der Waals surface area contributed by atoms with Crippen LogP contribution in [0.5, 0.6) is 11.5 Å². The average Bonchev–Trinajstić information content (AvgIpc) is 2.56. The van der Waals surface area contributed by atoms with Crippen molar-refractivity contribution in [2.45, 2.75) is 25.7 Å². The molecule has 134 valence electrons. The Bertz CT molecular complexity index is 703. The van der Waals surface area contributed by atoms with Crippen LogP contribution < -0.4 is 9.47 Å². The lowest BCUT2D eigenvalue weighted by Crippen LogP contribution is -2.58. The predicted molar refractivity (Wildman–Crippen MR) is 89.9 cm³/mol. The summed E-state index contributed by atoms with van der Waals surface area (Å²) in [5, 5.41) is 10.7. The van der Waals surface area contributed by atoms with E-state index in [0.717, 1.165) is 5.56 Å². The van der Waals surface area contributed by atoms with Gasteiger partial charge in [0.2, 0.25) is 0 Å². The number of para-hydroxylation sites is 1. The number of nitrogens with zero attached hydrogens (tertiary/aromatic N) is 1. The zero-order valence-electron chi connectivity index (χ0n) is 14.0. The van der Waals surface area contributed by atoms with Crippen molar-refractivity contribution in [1.82, 2.24) is 4.90 Å². The zero-order chi connectivity index (χ0) is 17.9. The van der Waals surface area contributed by atoms with Crippen LogP contribution in [-0.4, -0.2) is 36.3 Å². The molecule has 4 nitrogen and oxygen atoms in total. The largest absolute Gasteiger partial charge is 0.490 e. The van der Waals surface area contributed by atoms with Crippen LogP contribution in [0.15, 0.2) is 48.5 Å². The molecule has 1 aliphatic heterocycles. The van der Waals surface area contributed by atoms with Crippen molar-refractivity contribution >= 4 is 0 Å². The Morgan fingerprint density at radius 3 is 2.48 bits per heavy atom. The van der Waals surface area contributed by atoms with E-state index in [2.05, 4.69) is 4.74 Å². The Morgan fingerprint density at radius 1 is 1.12 bits per heavy atom. The number of hydrogen-bond donors (Lipinski definition) is 1. The summed E-state index contributed by atoms with van der Waals surface area (Å²) in [6.07, 6.45) is 0. The maximum absolute atomic E-state index is 12.8. The molecular formula is C19H21F2NO3. The summed E-state index contributed by atoms with van der Waals surface area (Å²) < 4.78 is 35.6. The summed E-state index contributed by atoms with van der Waals surface area (Å²) >= 11 is 0. The topological polar surface area (TPSA) is 41.9 Å². The van der Waals surface area contributed by atoms with Crippen molar-refractivity contribution in [3.8, 4) is 11.5 Å². The summed E-state index contributed by atoms with van der Waals surface area (Å²) in [7, 11) is 0. The first kappa shape index (κ1) is 17.6. The van der Waals surface area contributed by atoms with Crippen LogP contribution >= 0.6 is 0 Å². The Kier molecular flexibility index (Phi) is 5.20. The van der Waals surface area contributed by atoms with Crippen LogP contribution in [0.2, 0.25) is 0 Å². The summed E-state index contributed by atoms with van der Waals surface area (Å²) in [5.41, 5.74) is 0.572. The third-order valence-corrected chi connectivity index (χ3v) is 4.24. The number of hydrogen-bond acceptors (Lipinski definition) is 4. The van der Waals surface area contributed by atoms with E-state index in [4.69, 9.17) is 4.74 Å². The van der Waals surface area contributed by atoms with E-state index in [9.17, 15) is 13.9 Å². The highest BCUT2D eigenvalue weighted by Gasteiger charge is 2.42. The van der Waals surface area contributed by atoms with Gasteiger partial charge in [-0.3, -0.25) is 4.90 Å². The van der Waals surface area contributed by atoms with Gasteiger partial charge in [0.25, 0.3) is 0 Å². The molecule has 0 unspecified atom stereocenters.